The Balaban J connectivity index is 1.27. The van der Waals surface area contributed by atoms with Crippen molar-refractivity contribution in [3.05, 3.63) is 42.1 Å². The Morgan fingerprint density at radius 1 is 1.23 bits per heavy atom. The van der Waals surface area contributed by atoms with Crippen LogP contribution < -0.4 is 0 Å². The number of hydrogen-bond acceptors (Lipinski definition) is 5. The minimum atomic E-state index is 0.0225. The molecule has 0 aliphatic carbocycles. The molecule has 2 saturated heterocycles. The second-order valence-corrected chi connectivity index (χ2v) is 7.03. The summed E-state index contributed by atoms with van der Waals surface area (Å²) in [6.45, 7) is 4.64. The van der Waals surface area contributed by atoms with Crippen LogP contribution in [0.3, 0.4) is 0 Å². The Morgan fingerprint density at radius 2 is 2.04 bits per heavy atom. The topological polar surface area (TPSA) is 67.4 Å². The van der Waals surface area contributed by atoms with Gasteiger partial charge in [-0.1, -0.05) is 11.3 Å². The van der Waals surface area contributed by atoms with Gasteiger partial charge in [0.2, 0.25) is 0 Å². The summed E-state index contributed by atoms with van der Waals surface area (Å²) >= 11 is 0. The van der Waals surface area contributed by atoms with Crippen LogP contribution in [0.4, 0.5) is 0 Å². The van der Waals surface area contributed by atoms with Crippen LogP contribution in [0.25, 0.3) is 6.08 Å². The maximum absolute atomic E-state index is 12.4. The molecule has 2 aliphatic heterocycles. The third kappa shape index (κ3) is 3.88. The van der Waals surface area contributed by atoms with Crippen LogP contribution in [0.2, 0.25) is 0 Å². The van der Waals surface area contributed by atoms with Gasteiger partial charge in [-0.2, -0.15) is 0 Å². The van der Waals surface area contributed by atoms with Crippen molar-refractivity contribution in [2.24, 2.45) is 0 Å². The highest BCUT2D eigenvalue weighted by Crippen LogP contribution is 2.22. The minimum absolute atomic E-state index is 0.0225. The summed E-state index contributed by atoms with van der Waals surface area (Å²) in [5, 5.41) is 8.35. The molecule has 7 nitrogen and oxygen atoms in total. The van der Waals surface area contributed by atoms with E-state index in [0.717, 1.165) is 64.2 Å². The molecular formula is C19H25N5O2. The molecule has 2 aromatic heterocycles. The highest BCUT2D eigenvalue weighted by Gasteiger charge is 2.25. The number of piperidine rings is 1. The molecule has 26 heavy (non-hydrogen) atoms. The Morgan fingerprint density at radius 3 is 2.77 bits per heavy atom. The van der Waals surface area contributed by atoms with E-state index in [9.17, 15) is 4.79 Å². The van der Waals surface area contributed by atoms with E-state index in [2.05, 4.69) is 21.3 Å². The van der Waals surface area contributed by atoms with Crippen LogP contribution in [0.5, 0.6) is 0 Å². The third-order valence-corrected chi connectivity index (χ3v) is 5.24. The smallest absolute Gasteiger partial charge is 0.276 e. The van der Waals surface area contributed by atoms with E-state index in [1.165, 1.54) is 0 Å². The quantitative estimate of drug-likeness (QED) is 0.824. The lowest BCUT2D eigenvalue weighted by Gasteiger charge is -2.30. The van der Waals surface area contributed by atoms with Crippen LogP contribution in [-0.4, -0.2) is 63.4 Å². The first kappa shape index (κ1) is 17.0. The maximum atomic E-state index is 12.4. The Bertz CT molecular complexity index is 738. The number of furan rings is 1. The van der Waals surface area contributed by atoms with Gasteiger partial charge in [-0.3, -0.25) is 9.69 Å². The number of aromatic nitrogens is 3. The van der Waals surface area contributed by atoms with Crippen molar-refractivity contribution < 1.29 is 9.21 Å². The van der Waals surface area contributed by atoms with Crippen LogP contribution in [-0.2, 0) is 0 Å². The molecule has 0 radical (unpaired) electrons. The molecule has 0 aromatic carbocycles. The summed E-state index contributed by atoms with van der Waals surface area (Å²) < 4.78 is 7.19. The van der Waals surface area contributed by atoms with E-state index in [-0.39, 0.29) is 5.91 Å². The number of likely N-dealkylation sites (tertiary alicyclic amines) is 2. The van der Waals surface area contributed by atoms with Gasteiger partial charge in [-0.25, -0.2) is 4.68 Å². The zero-order chi connectivity index (χ0) is 17.8. The summed E-state index contributed by atoms with van der Waals surface area (Å²) in [5.74, 6) is 0.909. The second kappa shape index (κ2) is 7.86. The summed E-state index contributed by atoms with van der Waals surface area (Å²) in [6.07, 6.45) is 11.9. The van der Waals surface area contributed by atoms with Crippen molar-refractivity contribution in [3.63, 3.8) is 0 Å². The second-order valence-electron chi connectivity index (χ2n) is 7.03. The molecule has 1 amide bonds. The Kier molecular flexibility index (Phi) is 5.15. The van der Waals surface area contributed by atoms with Gasteiger partial charge in [-0.05, 0) is 43.9 Å². The van der Waals surface area contributed by atoms with Gasteiger partial charge in [0, 0.05) is 32.7 Å². The lowest BCUT2D eigenvalue weighted by atomic mass is 10.1. The molecule has 138 valence electrons. The molecule has 0 spiro atoms. The third-order valence-electron chi connectivity index (χ3n) is 5.24. The minimum Gasteiger partial charge on any atom is -0.465 e. The van der Waals surface area contributed by atoms with E-state index in [4.69, 9.17) is 4.42 Å². The molecule has 7 heteroatoms. The van der Waals surface area contributed by atoms with E-state index >= 15 is 0 Å². The van der Waals surface area contributed by atoms with E-state index in [1.807, 2.05) is 34.0 Å². The normalized spacial score (nSPS) is 19.6. The van der Waals surface area contributed by atoms with E-state index < -0.39 is 0 Å². The van der Waals surface area contributed by atoms with E-state index in [0.29, 0.717) is 11.7 Å². The molecular weight excluding hydrogens is 330 g/mol. The molecule has 4 rings (SSSR count). The largest absolute Gasteiger partial charge is 0.465 e. The SMILES string of the molecule is O=C(c1cn(C2CCN(CC=Cc3ccco3)CC2)nn1)N1CCCC1. The van der Waals surface area contributed by atoms with Crippen molar-refractivity contribution >= 4 is 12.0 Å². The zero-order valence-electron chi connectivity index (χ0n) is 15.0. The van der Waals surface area contributed by atoms with Gasteiger partial charge < -0.3 is 9.32 Å². The highest BCUT2D eigenvalue weighted by molar-refractivity contribution is 5.92. The van der Waals surface area contributed by atoms with E-state index in [1.54, 1.807) is 6.26 Å². The molecule has 0 unspecified atom stereocenters. The van der Waals surface area contributed by atoms with Gasteiger partial charge in [0.05, 0.1) is 18.5 Å². The van der Waals surface area contributed by atoms with Crippen LogP contribution >= 0.6 is 0 Å². The predicted octanol–water partition coefficient (Wildman–Crippen LogP) is 2.46. The molecule has 2 aromatic rings. The maximum Gasteiger partial charge on any atom is 0.276 e. The van der Waals surface area contributed by atoms with Crippen molar-refractivity contribution in [1.29, 1.82) is 0 Å². The average molecular weight is 355 g/mol. The van der Waals surface area contributed by atoms with Gasteiger partial charge in [0.25, 0.3) is 5.91 Å². The van der Waals surface area contributed by atoms with Gasteiger partial charge in [-0.15, -0.1) is 5.10 Å². The van der Waals surface area contributed by atoms with Crippen molar-refractivity contribution in [2.75, 3.05) is 32.7 Å². The number of carbonyl (C=O) groups is 1. The summed E-state index contributed by atoms with van der Waals surface area (Å²) in [7, 11) is 0. The monoisotopic (exact) mass is 355 g/mol. The fourth-order valence-electron chi connectivity index (χ4n) is 3.71. The fraction of sp³-hybridized carbons (Fsp3) is 0.526. The molecule has 2 fully saturated rings. The summed E-state index contributed by atoms with van der Waals surface area (Å²) in [5.41, 5.74) is 0.482. The highest BCUT2D eigenvalue weighted by atomic mass is 16.3. The average Bonchev–Trinajstić information content (AvgIpc) is 3.43. The number of amides is 1. The van der Waals surface area contributed by atoms with Crippen molar-refractivity contribution in [2.45, 2.75) is 31.7 Å². The van der Waals surface area contributed by atoms with Gasteiger partial charge in [0.15, 0.2) is 5.69 Å². The molecule has 0 bridgehead atoms. The summed E-state index contributed by atoms with van der Waals surface area (Å²) in [4.78, 5) is 16.7. The number of hydrogen-bond donors (Lipinski definition) is 0. The first-order chi connectivity index (χ1) is 12.8. The van der Waals surface area contributed by atoms with Gasteiger partial charge in [0.1, 0.15) is 5.76 Å². The molecule has 2 aliphatic rings. The zero-order valence-corrected chi connectivity index (χ0v) is 15.0. The molecule has 0 N–H and O–H groups in total. The fourth-order valence-corrected chi connectivity index (χ4v) is 3.71. The Hall–Kier alpha value is -2.41. The Labute approximate surface area is 153 Å². The van der Waals surface area contributed by atoms with Crippen molar-refractivity contribution in [3.8, 4) is 0 Å². The molecule has 4 heterocycles. The number of rotatable bonds is 5. The van der Waals surface area contributed by atoms with Gasteiger partial charge >= 0.3 is 0 Å². The first-order valence-corrected chi connectivity index (χ1v) is 9.43. The van der Waals surface area contributed by atoms with Crippen molar-refractivity contribution in [1.82, 2.24) is 24.8 Å². The van der Waals surface area contributed by atoms with Crippen LogP contribution in [0.1, 0.15) is 48.0 Å². The standard InChI is InChI=1S/C19H25N5O2/c25-19(23-10-1-2-11-23)18-15-24(21-20-18)16-7-12-22(13-8-16)9-3-5-17-6-4-14-26-17/h3-6,14-16H,1-2,7-13H2. The molecule has 0 saturated carbocycles. The van der Waals surface area contributed by atoms with Crippen LogP contribution in [0.15, 0.2) is 35.1 Å². The predicted molar refractivity (Wildman–Crippen MR) is 97.6 cm³/mol. The summed E-state index contributed by atoms with van der Waals surface area (Å²) in [6, 6.07) is 4.17. The first-order valence-electron chi connectivity index (χ1n) is 9.43. The lowest BCUT2D eigenvalue weighted by molar-refractivity contribution is 0.0787. The number of nitrogens with zero attached hydrogens (tertiary/aromatic N) is 5. The molecule has 0 atom stereocenters. The van der Waals surface area contributed by atoms with Crippen LogP contribution in [0, 0.1) is 0 Å². The lowest BCUT2D eigenvalue weighted by Crippen LogP contribution is -2.34. The number of carbonyl (C=O) groups excluding carboxylic acids is 1.